The number of rotatable bonds is 2. The molecule has 4 atom stereocenters. The van der Waals surface area contributed by atoms with Crippen LogP contribution in [0.25, 0.3) is 0 Å². The number of carbonyl (C=O) groups excluding carboxylic acids is 1. The topological polar surface area (TPSA) is 53.2 Å². The number of carbonyl (C=O) groups is 1. The molecule has 2 heterocycles. The zero-order valence-corrected chi connectivity index (χ0v) is 8.77. The molecule has 1 saturated carbocycles. The number of nitrogens with one attached hydrogen (secondary N) is 3. The maximum atomic E-state index is 11.5. The highest BCUT2D eigenvalue weighted by Crippen LogP contribution is 2.41. The van der Waals surface area contributed by atoms with Crippen LogP contribution in [0, 0.1) is 11.8 Å². The molecule has 1 unspecified atom stereocenters. The normalized spacial score (nSPS) is 43.1. The first-order chi connectivity index (χ1) is 6.36. The second-order valence-corrected chi connectivity index (χ2v) is 4.32. The Morgan fingerprint density at radius 1 is 1.29 bits per heavy atom. The monoisotopic (exact) mass is 217 g/mol. The minimum atomic E-state index is 0. The quantitative estimate of drug-likeness (QED) is 0.562. The first kappa shape index (κ1) is 10.2. The van der Waals surface area contributed by atoms with Crippen molar-refractivity contribution in [2.75, 3.05) is 19.6 Å². The van der Waals surface area contributed by atoms with Gasteiger partial charge in [0.1, 0.15) is 0 Å². The molecule has 4 nitrogen and oxygen atoms in total. The molecule has 0 bridgehead atoms. The SMILES string of the molecule is Cl.O=C(NC1[C@H]2CNC[C@@H]12)[C@H]1CCN1. The molecule has 1 amide bonds. The summed E-state index contributed by atoms with van der Waals surface area (Å²) in [5.41, 5.74) is 0. The van der Waals surface area contributed by atoms with Crippen molar-refractivity contribution in [2.45, 2.75) is 18.5 Å². The van der Waals surface area contributed by atoms with Crippen molar-refractivity contribution in [3.63, 3.8) is 0 Å². The average Bonchev–Trinajstić information content (AvgIpc) is 2.50. The third kappa shape index (κ3) is 1.51. The van der Waals surface area contributed by atoms with Crippen LogP contribution in [-0.2, 0) is 4.79 Å². The Morgan fingerprint density at radius 3 is 2.43 bits per heavy atom. The van der Waals surface area contributed by atoms with E-state index in [1.165, 1.54) is 0 Å². The predicted octanol–water partition coefficient (Wildman–Crippen LogP) is -0.896. The van der Waals surface area contributed by atoms with Crippen molar-refractivity contribution in [1.29, 1.82) is 0 Å². The zero-order chi connectivity index (χ0) is 8.84. The van der Waals surface area contributed by atoms with Gasteiger partial charge in [-0.2, -0.15) is 0 Å². The maximum Gasteiger partial charge on any atom is 0.237 e. The van der Waals surface area contributed by atoms with Crippen molar-refractivity contribution >= 4 is 18.3 Å². The van der Waals surface area contributed by atoms with Crippen LogP contribution in [0.5, 0.6) is 0 Å². The third-order valence-corrected chi connectivity index (χ3v) is 3.54. The zero-order valence-electron chi connectivity index (χ0n) is 7.95. The summed E-state index contributed by atoms with van der Waals surface area (Å²) in [7, 11) is 0. The van der Waals surface area contributed by atoms with Crippen LogP contribution in [0.4, 0.5) is 0 Å². The van der Waals surface area contributed by atoms with E-state index in [1.807, 2.05) is 0 Å². The van der Waals surface area contributed by atoms with Gasteiger partial charge in [-0.1, -0.05) is 0 Å². The molecule has 14 heavy (non-hydrogen) atoms. The van der Waals surface area contributed by atoms with Gasteiger partial charge >= 0.3 is 0 Å². The van der Waals surface area contributed by atoms with Crippen molar-refractivity contribution in [3.8, 4) is 0 Å². The van der Waals surface area contributed by atoms with Crippen molar-refractivity contribution in [3.05, 3.63) is 0 Å². The number of amides is 1. The fourth-order valence-electron chi connectivity index (χ4n) is 2.41. The molecule has 3 aliphatic rings. The van der Waals surface area contributed by atoms with E-state index >= 15 is 0 Å². The van der Waals surface area contributed by atoms with Crippen molar-refractivity contribution in [2.24, 2.45) is 11.8 Å². The minimum absolute atomic E-state index is 0. The van der Waals surface area contributed by atoms with E-state index in [9.17, 15) is 4.79 Å². The summed E-state index contributed by atoms with van der Waals surface area (Å²) in [5, 5.41) is 9.55. The van der Waals surface area contributed by atoms with Crippen LogP contribution in [0.1, 0.15) is 6.42 Å². The lowest BCUT2D eigenvalue weighted by atomic mass is 10.1. The average molecular weight is 218 g/mol. The van der Waals surface area contributed by atoms with Gasteiger partial charge < -0.3 is 16.0 Å². The van der Waals surface area contributed by atoms with Gasteiger partial charge in [-0.3, -0.25) is 4.79 Å². The van der Waals surface area contributed by atoms with Crippen LogP contribution < -0.4 is 16.0 Å². The van der Waals surface area contributed by atoms with Gasteiger partial charge in [0, 0.05) is 19.1 Å². The maximum absolute atomic E-state index is 11.5. The first-order valence-corrected chi connectivity index (χ1v) is 5.11. The highest BCUT2D eigenvalue weighted by molar-refractivity contribution is 5.85. The molecular weight excluding hydrogens is 202 g/mol. The van der Waals surface area contributed by atoms with Crippen molar-refractivity contribution in [1.82, 2.24) is 16.0 Å². The van der Waals surface area contributed by atoms with E-state index in [2.05, 4.69) is 16.0 Å². The van der Waals surface area contributed by atoms with Gasteiger partial charge in [0.15, 0.2) is 0 Å². The van der Waals surface area contributed by atoms with Gasteiger partial charge in [0.05, 0.1) is 6.04 Å². The number of fused-ring (bicyclic) bond motifs is 1. The Hall–Kier alpha value is -0.320. The molecular formula is C9H16ClN3O. The largest absolute Gasteiger partial charge is 0.351 e. The molecule has 3 fully saturated rings. The Bertz CT molecular complexity index is 234. The van der Waals surface area contributed by atoms with E-state index in [1.54, 1.807) is 0 Å². The molecule has 0 spiro atoms. The summed E-state index contributed by atoms with van der Waals surface area (Å²) < 4.78 is 0. The lowest BCUT2D eigenvalue weighted by Gasteiger charge is -2.26. The highest BCUT2D eigenvalue weighted by Gasteiger charge is 2.54. The van der Waals surface area contributed by atoms with E-state index in [4.69, 9.17) is 0 Å². The molecule has 2 saturated heterocycles. The summed E-state index contributed by atoms with van der Waals surface area (Å²) in [6.45, 7) is 3.18. The van der Waals surface area contributed by atoms with Gasteiger partial charge in [-0.25, -0.2) is 0 Å². The number of piperidine rings is 1. The summed E-state index contributed by atoms with van der Waals surface area (Å²) in [6, 6.07) is 0.588. The van der Waals surface area contributed by atoms with Crippen LogP contribution in [0.2, 0.25) is 0 Å². The molecule has 2 aliphatic heterocycles. The van der Waals surface area contributed by atoms with Crippen LogP contribution in [0.15, 0.2) is 0 Å². The van der Waals surface area contributed by atoms with Crippen molar-refractivity contribution < 1.29 is 4.79 Å². The molecule has 3 N–H and O–H groups in total. The van der Waals surface area contributed by atoms with Gasteiger partial charge in [-0.05, 0) is 24.8 Å². The summed E-state index contributed by atoms with van der Waals surface area (Å²) in [4.78, 5) is 11.5. The lowest BCUT2D eigenvalue weighted by Crippen LogP contribution is -2.54. The highest BCUT2D eigenvalue weighted by atomic mass is 35.5. The molecule has 3 rings (SSSR count). The van der Waals surface area contributed by atoms with E-state index < -0.39 is 0 Å². The van der Waals surface area contributed by atoms with Crippen LogP contribution in [0.3, 0.4) is 0 Å². The molecule has 1 aliphatic carbocycles. The molecule has 80 valence electrons. The molecule has 0 aromatic rings. The third-order valence-electron chi connectivity index (χ3n) is 3.54. The van der Waals surface area contributed by atoms with Gasteiger partial charge in [0.25, 0.3) is 0 Å². The van der Waals surface area contributed by atoms with Gasteiger partial charge in [0.2, 0.25) is 5.91 Å². The van der Waals surface area contributed by atoms with E-state index in [0.29, 0.717) is 6.04 Å². The van der Waals surface area contributed by atoms with E-state index in [-0.39, 0.29) is 24.4 Å². The Balaban J connectivity index is 0.000000750. The van der Waals surface area contributed by atoms with E-state index in [0.717, 1.165) is 37.9 Å². The summed E-state index contributed by atoms with van der Waals surface area (Å²) in [6.07, 6.45) is 1.01. The fourth-order valence-corrected chi connectivity index (χ4v) is 2.41. The first-order valence-electron chi connectivity index (χ1n) is 5.11. The Labute approximate surface area is 89.6 Å². The Kier molecular flexibility index (Phi) is 2.68. The van der Waals surface area contributed by atoms with Crippen LogP contribution >= 0.6 is 12.4 Å². The predicted molar refractivity (Wildman–Crippen MR) is 55.4 cm³/mol. The summed E-state index contributed by atoms with van der Waals surface area (Å²) >= 11 is 0. The summed E-state index contributed by atoms with van der Waals surface area (Å²) in [5.74, 6) is 1.67. The van der Waals surface area contributed by atoms with Gasteiger partial charge in [-0.15, -0.1) is 12.4 Å². The lowest BCUT2D eigenvalue weighted by molar-refractivity contribution is -0.125. The minimum Gasteiger partial charge on any atom is -0.351 e. The molecule has 0 aromatic heterocycles. The smallest absolute Gasteiger partial charge is 0.237 e. The molecule has 0 radical (unpaired) electrons. The fraction of sp³-hybridized carbons (Fsp3) is 0.889. The second-order valence-electron chi connectivity index (χ2n) is 4.32. The second kappa shape index (κ2) is 3.68. The number of hydrogen-bond donors (Lipinski definition) is 3. The number of hydrogen-bond acceptors (Lipinski definition) is 3. The molecule has 0 aromatic carbocycles. The number of halogens is 1. The van der Waals surface area contributed by atoms with Crippen LogP contribution in [-0.4, -0.2) is 37.6 Å². The standard InChI is InChI=1S/C9H15N3O.ClH/c13-9(7-1-2-11-7)12-8-5-3-10-4-6(5)8;/h5-8,10-11H,1-4H2,(H,12,13);1H/t5-,6+,7-,8?;/m1./s1. The molecule has 5 heteroatoms. The Morgan fingerprint density at radius 2 is 1.93 bits per heavy atom.